The summed E-state index contributed by atoms with van der Waals surface area (Å²) in [6, 6.07) is 0. The molecule has 0 aromatic rings. The minimum Gasteiger partial charge on any atom is -0.0992 e. The van der Waals surface area contributed by atoms with E-state index >= 15 is 0 Å². The molecule has 0 aromatic carbocycles. The lowest BCUT2D eigenvalue weighted by Gasteiger charge is -2.36. The summed E-state index contributed by atoms with van der Waals surface area (Å²) in [4.78, 5) is 0. The summed E-state index contributed by atoms with van der Waals surface area (Å²) in [5, 5.41) is 1.15. The van der Waals surface area contributed by atoms with Crippen molar-refractivity contribution in [2.45, 2.75) is 123 Å². The van der Waals surface area contributed by atoms with Gasteiger partial charge in [-0.25, -0.2) is 0 Å². The first-order valence-electron chi connectivity index (χ1n) is 12.2. The van der Waals surface area contributed by atoms with Gasteiger partial charge in [0, 0.05) is 0 Å². The monoisotopic (exact) mass is 400 g/mol. The van der Waals surface area contributed by atoms with E-state index in [-0.39, 0.29) is 0 Å². The van der Waals surface area contributed by atoms with Gasteiger partial charge >= 0.3 is 0 Å². The van der Waals surface area contributed by atoms with Crippen molar-refractivity contribution < 1.29 is 0 Å². The van der Waals surface area contributed by atoms with Crippen LogP contribution in [-0.2, 0) is 0 Å². The molecule has 0 bridgehead atoms. The molecule has 0 aliphatic rings. The minimum atomic E-state index is 0.295. The van der Waals surface area contributed by atoms with Crippen LogP contribution in [0.15, 0.2) is 0 Å². The lowest BCUT2D eigenvalue weighted by molar-refractivity contribution is 0.752. The molecule has 0 nitrogen and oxygen atoms in total. The summed E-state index contributed by atoms with van der Waals surface area (Å²) in [7, 11) is 3.04. The molecule has 0 spiro atoms. The Morgan fingerprint density at radius 3 is 1.08 bits per heavy atom. The average Bonchev–Trinajstić information content (AvgIpc) is 2.64. The van der Waals surface area contributed by atoms with Crippen molar-refractivity contribution >= 4 is 23.7 Å². The highest BCUT2D eigenvalue weighted by Gasteiger charge is 2.27. The fraction of sp³-hybridized carbons (Fsp3) is 1.00. The van der Waals surface area contributed by atoms with Gasteiger partial charge in [-0.2, -0.15) is 0 Å². The Labute approximate surface area is 171 Å². The van der Waals surface area contributed by atoms with E-state index in [2.05, 4.69) is 35.5 Å². The normalized spacial score (nSPS) is 12.0. The highest BCUT2D eigenvalue weighted by Crippen LogP contribution is 2.61. The third kappa shape index (κ3) is 14.0. The zero-order valence-electron chi connectivity index (χ0n) is 19.2. The molecule has 156 valence electrons. The van der Waals surface area contributed by atoms with E-state index in [0.29, 0.717) is 15.8 Å². The third-order valence-electron chi connectivity index (χ3n) is 5.59. The van der Waals surface area contributed by atoms with Crippen LogP contribution in [0.3, 0.4) is 0 Å². The van der Waals surface area contributed by atoms with Gasteiger partial charge in [0.25, 0.3) is 0 Å². The van der Waals surface area contributed by atoms with Crippen LogP contribution in [0.1, 0.15) is 111 Å². The molecule has 0 aliphatic carbocycles. The number of hydrogen-bond acceptors (Lipinski definition) is 0. The predicted molar refractivity (Wildman–Crippen MR) is 133 cm³/mol. The van der Waals surface area contributed by atoms with Gasteiger partial charge in [0.2, 0.25) is 0 Å². The van der Waals surface area contributed by atoms with Gasteiger partial charge in [0.1, 0.15) is 7.85 Å². The van der Waals surface area contributed by atoms with Crippen LogP contribution < -0.4 is 0 Å². The molecule has 3 heteroatoms. The minimum absolute atomic E-state index is 0.295. The number of rotatable bonds is 20. The summed E-state index contributed by atoms with van der Waals surface area (Å²) in [5.41, 5.74) is 0. The van der Waals surface area contributed by atoms with Crippen LogP contribution in [0.2, 0.25) is 6.32 Å². The maximum absolute atomic E-state index is 2.45. The summed E-state index contributed by atoms with van der Waals surface area (Å²) in [6.07, 6.45) is 26.8. The standard InChI is InChI=1S/C23H51BP2/c1-5-9-13-19-25(20-14-10-6-2)23(17-18-24)26(21-15-11-7-3)22-16-12-8-4/h23H,5-22,24H2,1-4H3. The molecule has 0 heterocycles. The Morgan fingerprint density at radius 2 is 0.846 bits per heavy atom. The van der Waals surface area contributed by atoms with Gasteiger partial charge in [-0.05, 0) is 62.2 Å². The summed E-state index contributed by atoms with van der Waals surface area (Å²) in [5.74, 6) is 0. The van der Waals surface area contributed by atoms with Crippen LogP contribution in [-0.4, -0.2) is 37.9 Å². The van der Waals surface area contributed by atoms with Gasteiger partial charge in [0.05, 0.1) is 0 Å². The first-order valence-corrected chi connectivity index (χ1v) is 15.8. The smallest absolute Gasteiger partial charge is 0.0992 e. The SMILES string of the molecule is BCCC(P(CCCCC)CCCCC)P(CCCCC)CCCCC. The fourth-order valence-electron chi connectivity index (χ4n) is 3.93. The summed E-state index contributed by atoms with van der Waals surface area (Å²) < 4.78 is 0. The largest absolute Gasteiger partial charge is 0.101 e. The molecule has 0 rings (SSSR count). The van der Waals surface area contributed by atoms with Crippen molar-refractivity contribution in [2.24, 2.45) is 0 Å². The second-order valence-electron chi connectivity index (χ2n) is 8.17. The molecule has 26 heavy (non-hydrogen) atoms. The molecular weight excluding hydrogens is 349 g/mol. The molecule has 0 aromatic heterocycles. The molecule has 0 saturated carbocycles. The quantitative estimate of drug-likeness (QED) is 0.109. The second kappa shape index (κ2) is 20.7. The summed E-state index contributed by atoms with van der Waals surface area (Å²) >= 11 is 0. The zero-order chi connectivity index (χ0) is 19.5. The van der Waals surface area contributed by atoms with Crippen molar-refractivity contribution in [3.63, 3.8) is 0 Å². The highest BCUT2D eigenvalue weighted by molar-refractivity contribution is 7.75. The Kier molecular flexibility index (Phi) is 21.4. The van der Waals surface area contributed by atoms with E-state index in [1.54, 1.807) is 31.1 Å². The Morgan fingerprint density at radius 1 is 0.538 bits per heavy atom. The van der Waals surface area contributed by atoms with Crippen LogP contribution in [0.5, 0.6) is 0 Å². The maximum Gasteiger partial charge on any atom is 0.101 e. The molecular formula is C23H51BP2. The maximum atomic E-state index is 2.45. The lowest BCUT2D eigenvalue weighted by Crippen LogP contribution is -2.13. The van der Waals surface area contributed by atoms with Gasteiger partial charge < -0.3 is 0 Å². The Hall–Kier alpha value is 0.925. The van der Waals surface area contributed by atoms with Gasteiger partial charge in [0.15, 0.2) is 0 Å². The van der Waals surface area contributed by atoms with E-state index < -0.39 is 0 Å². The van der Waals surface area contributed by atoms with Crippen molar-refractivity contribution in [1.29, 1.82) is 0 Å². The van der Waals surface area contributed by atoms with Crippen LogP contribution >= 0.6 is 15.8 Å². The van der Waals surface area contributed by atoms with Crippen molar-refractivity contribution in [2.75, 3.05) is 24.6 Å². The first-order chi connectivity index (χ1) is 12.7. The van der Waals surface area contributed by atoms with E-state index in [9.17, 15) is 0 Å². The fourth-order valence-corrected chi connectivity index (χ4v) is 12.6. The Balaban J connectivity index is 4.99. The van der Waals surface area contributed by atoms with Gasteiger partial charge in [-0.15, -0.1) is 0 Å². The van der Waals surface area contributed by atoms with Crippen LogP contribution in [0.4, 0.5) is 0 Å². The molecule has 0 unspecified atom stereocenters. The zero-order valence-corrected chi connectivity index (χ0v) is 21.0. The van der Waals surface area contributed by atoms with Gasteiger partial charge in [-0.3, -0.25) is 0 Å². The Bertz CT molecular complexity index is 229. The molecule has 0 fully saturated rings. The number of unbranched alkanes of at least 4 members (excludes halogenated alkanes) is 8. The molecule has 0 N–H and O–H groups in total. The first kappa shape index (κ1) is 26.9. The topological polar surface area (TPSA) is 0 Å². The van der Waals surface area contributed by atoms with Crippen LogP contribution in [0.25, 0.3) is 0 Å². The highest BCUT2D eigenvalue weighted by atomic mass is 31.2. The van der Waals surface area contributed by atoms with Crippen molar-refractivity contribution in [3.05, 3.63) is 0 Å². The average molecular weight is 400 g/mol. The van der Waals surface area contributed by atoms with Gasteiger partial charge in [-0.1, -0.05) is 101 Å². The third-order valence-corrected chi connectivity index (χ3v) is 13.3. The van der Waals surface area contributed by atoms with E-state index in [1.165, 1.54) is 83.4 Å². The second-order valence-corrected chi connectivity index (χ2v) is 14.0. The molecule has 0 saturated heterocycles. The molecule has 0 atom stereocenters. The van der Waals surface area contributed by atoms with E-state index in [0.717, 1.165) is 5.40 Å². The van der Waals surface area contributed by atoms with Crippen molar-refractivity contribution in [3.8, 4) is 0 Å². The lowest BCUT2D eigenvalue weighted by atomic mass is 10.0. The molecule has 0 amide bonds. The summed E-state index contributed by atoms with van der Waals surface area (Å²) in [6.45, 7) is 9.47. The van der Waals surface area contributed by atoms with E-state index in [1.807, 2.05) is 0 Å². The van der Waals surface area contributed by atoms with E-state index in [4.69, 9.17) is 0 Å². The number of hydrogen-bond donors (Lipinski definition) is 0. The van der Waals surface area contributed by atoms with Crippen LogP contribution in [0, 0.1) is 0 Å². The predicted octanol–water partition coefficient (Wildman–Crippen LogP) is 8.48. The molecule has 0 radical (unpaired) electrons. The molecule has 0 aliphatic heterocycles. The van der Waals surface area contributed by atoms with Crippen molar-refractivity contribution in [1.82, 2.24) is 0 Å².